The number of aromatic nitrogens is 1. The minimum atomic E-state index is 0.573. The molecule has 1 rings (SSSR count). The Morgan fingerprint density at radius 3 is 2.16 bits per heavy atom. The van der Waals surface area contributed by atoms with Crippen LogP contribution in [0.3, 0.4) is 0 Å². The first-order valence-electron chi connectivity index (χ1n) is 7.56. The number of aryl methyl sites for hydroxylation is 2. The minimum Gasteiger partial charge on any atom is -0.371 e. The molecule has 1 aromatic heterocycles. The number of unbranched alkanes of at least 4 members (excludes halogenated alkanes) is 2. The van der Waals surface area contributed by atoms with Crippen molar-refractivity contribution in [3.8, 4) is 0 Å². The van der Waals surface area contributed by atoms with Crippen molar-refractivity contribution in [3.63, 3.8) is 0 Å². The zero-order valence-corrected chi connectivity index (χ0v) is 13.0. The van der Waals surface area contributed by atoms with Gasteiger partial charge in [0.1, 0.15) is 0 Å². The second kappa shape index (κ2) is 8.16. The molecule has 0 spiro atoms. The molecule has 0 aliphatic carbocycles. The molecular formula is C16H29N3. The fourth-order valence-electron chi connectivity index (χ4n) is 2.42. The van der Waals surface area contributed by atoms with Gasteiger partial charge < -0.3 is 10.6 Å². The molecule has 2 N–H and O–H groups in total. The van der Waals surface area contributed by atoms with Crippen LogP contribution in [0.1, 0.15) is 56.5 Å². The SMILES string of the molecule is CCCCN(CCCC)c1cc(C)nc(C)c1CN. The van der Waals surface area contributed by atoms with Crippen LogP contribution in [0.15, 0.2) is 6.07 Å². The van der Waals surface area contributed by atoms with E-state index in [0.29, 0.717) is 6.54 Å². The van der Waals surface area contributed by atoms with Crippen LogP contribution >= 0.6 is 0 Å². The molecule has 108 valence electrons. The smallest absolute Gasteiger partial charge is 0.0448 e. The Morgan fingerprint density at radius 2 is 1.68 bits per heavy atom. The molecule has 0 saturated heterocycles. The third-order valence-corrected chi connectivity index (χ3v) is 3.54. The third kappa shape index (κ3) is 4.50. The number of nitrogens with two attached hydrogens (primary N) is 1. The van der Waals surface area contributed by atoms with Crippen molar-refractivity contribution >= 4 is 5.69 Å². The zero-order valence-electron chi connectivity index (χ0n) is 13.0. The van der Waals surface area contributed by atoms with E-state index < -0.39 is 0 Å². The van der Waals surface area contributed by atoms with E-state index in [0.717, 1.165) is 24.5 Å². The molecular weight excluding hydrogens is 234 g/mol. The molecule has 0 unspecified atom stereocenters. The Balaban J connectivity index is 3.04. The minimum absolute atomic E-state index is 0.573. The van der Waals surface area contributed by atoms with Crippen LogP contribution in [0.25, 0.3) is 0 Å². The first-order chi connectivity index (χ1) is 9.13. The summed E-state index contributed by atoms with van der Waals surface area (Å²) in [6.45, 7) is 11.4. The number of hydrogen-bond donors (Lipinski definition) is 1. The van der Waals surface area contributed by atoms with E-state index in [4.69, 9.17) is 5.73 Å². The van der Waals surface area contributed by atoms with Gasteiger partial charge in [-0.05, 0) is 32.8 Å². The quantitative estimate of drug-likeness (QED) is 0.779. The van der Waals surface area contributed by atoms with Crippen molar-refractivity contribution in [2.24, 2.45) is 5.73 Å². The lowest BCUT2D eigenvalue weighted by atomic mass is 10.1. The number of anilines is 1. The molecule has 0 aromatic carbocycles. The van der Waals surface area contributed by atoms with Crippen molar-refractivity contribution in [3.05, 3.63) is 23.0 Å². The fourth-order valence-corrected chi connectivity index (χ4v) is 2.42. The van der Waals surface area contributed by atoms with Crippen LogP contribution < -0.4 is 10.6 Å². The maximum atomic E-state index is 5.93. The van der Waals surface area contributed by atoms with Crippen molar-refractivity contribution < 1.29 is 0 Å². The number of rotatable bonds is 8. The van der Waals surface area contributed by atoms with Crippen LogP contribution in [0.4, 0.5) is 5.69 Å². The van der Waals surface area contributed by atoms with Gasteiger partial charge in [0, 0.05) is 42.3 Å². The zero-order chi connectivity index (χ0) is 14.3. The molecule has 0 aliphatic rings. The highest BCUT2D eigenvalue weighted by molar-refractivity contribution is 5.56. The summed E-state index contributed by atoms with van der Waals surface area (Å²) >= 11 is 0. The lowest BCUT2D eigenvalue weighted by Gasteiger charge is -2.28. The van der Waals surface area contributed by atoms with E-state index in [1.165, 1.54) is 36.9 Å². The monoisotopic (exact) mass is 263 g/mol. The Morgan fingerprint density at radius 1 is 1.11 bits per heavy atom. The highest BCUT2D eigenvalue weighted by Crippen LogP contribution is 2.24. The van der Waals surface area contributed by atoms with E-state index >= 15 is 0 Å². The first-order valence-corrected chi connectivity index (χ1v) is 7.56. The van der Waals surface area contributed by atoms with E-state index in [2.05, 4.69) is 43.6 Å². The van der Waals surface area contributed by atoms with E-state index in [1.807, 2.05) is 0 Å². The lowest BCUT2D eigenvalue weighted by molar-refractivity contribution is 0.673. The van der Waals surface area contributed by atoms with Crippen LogP contribution in [0.5, 0.6) is 0 Å². The van der Waals surface area contributed by atoms with Crippen molar-refractivity contribution in [1.29, 1.82) is 0 Å². The average Bonchev–Trinajstić information content (AvgIpc) is 2.38. The van der Waals surface area contributed by atoms with Gasteiger partial charge in [0.15, 0.2) is 0 Å². The van der Waals surface area contributed by atoms with Gasteiger partial charge in [0.2, 0.25) is 0 Å². The van der Waals surface area contributed by atoms with Gasteiger partial charge in [0.25, 0.3) is 0 Å². The fraction of sp³-hybridized carbons (Fsp3) is 0.688. The van der Waals surface area contributed by atoms with Gasteiger partial charge in [0.05, 0.1) is 0 Å². The molecule has 0 aliphatic heterocycles. The van der Waals surface area contributed by atoms with Gasteiger partial charge in [-0.2, -0.15) is 0 Å². The van der Waals surface area contributed by atoms with Gasteiger partial charge >= 0.3 is 0 Å². The number of hydrogen-bond acceptors (Lipinski definition) is 3. The highest BCUT2D eigenvalue weighted by Gasteiger charge is 2.13. The number of nitrogens with zero attached hydrogens (tertiary/aromatic N) is 2. The normalized spacial score (nSPS) is 10.8. The third-order valence-electron chi connectivity index (χ3n) is 3.54. The molecule has 3 heteroatoms. The van der Waals surface area contributed by atoms with Crippen molar-refractivity contribution in [2.45, 2.75) is 59.9 Å². The van der Waals surface area contributed by atoms with E-state index in [9.17, 15) is 0 Å². The summed E-state index contributed by atoms with van der Waals surface area (Å²) in [5.74, 6) is 0. The van der Waals surface area contributed by atoms with E-state index in [-0.39, 0.29) is 0 Å². The van der Waals surface area contributed by atoms with Gasteiger partial charge in [-0.15, -0.1) is 0 Å². The molecule has 3 nitrogen and oxygen atoms in total. The molecule has 0 amide bonds. The van der Waals surface area contributed by atoms with Gasteiger partial charge in [-0.3, -0.25) is 4.98 Å². The second-order valence-electron chi connectivity index (χ2n) is 5.25. The van der Waals surface area contributed by atoms with Crippen LogP contribution in [-0.2, 0) is 6.54 Å². The molecule has 0 fully saturated rings. The molecule has 19 heavy (non-hydrogen) atoms. The maximum absolute atomic E-state index is 5.93. The Hall–Kier alpha value is -1.09. The first kappa shape index (κ1) is 16.0. The molecule has 0 radical (unpaired) electrons. The second-order valence-corrected chi connectivity index (χ2v) is 5.25. The molecule has 0 atom stereocenters. The van der Waals surface area contributed by atoms with E-state index in [1.54, 1.807) is 0 Å². The Kier molecular flexibility index (Phi) is 6.85. The topological polar surface area (TPSA) is 42.2 Å². The summed E-state index contributed by atoms with van der Waals surface area (Å²) in [4.78, 5) is 7.04. The molecule has 0 saturated carbocycles. The summed E-state index contributed by atoms with van der Waals surface area (Å²) in [7, 11) is 0. The summed E-state index contributed by atoms with van der Waals surface area (Å²) in [6, 6.07) is 2.19. The number of pyridine rings is 1. The summed E-state index contributed by atoms with van der Waals surface area (Å²) < 4.78 is 0. The van der Waals surface area contributed by atoms with Gasteiger partial charge in [-0.1, -0.05) is 26.7 Å². The predicted molar refractivity (Wildman–Crippen MR) is 83.6 cm³/mol. The largest absolute Gasteiger partial charge is 0.371 e. The molecule has 1 aromatic rings. The van der Waals surface area contributed by atoms with Crippen molar-refractivity contribution in [1.82, 2.24) is 4.98 Å². The summed E-state index contributed by atoms with van der Waals surface area (Å²) in [5.41, 5.74) is 10.6. The Bertz CT molecular complexity index is 380. The molecule has 1 heterocycles. The van der Waals surface area contributed by atoms with Crippen LogP contribution in [0.2, 0.25) is 0 Å². The summed E-state index contributed by atoms with van der Waals surface area (Å²) in [5, 5.41) is 0. The van der Waals surface area contributed by atoms with Crippen LogP contribution in [-0.4, -0.2) is 18.1 Å². The predicted octanol–water partition coefficient (Wildman–Crippen LogP) is 3.56. The maximum Gasteiger partial charge on any atom is 0.0448 e. The average molecular weight is 263 g/mol. The van der Waals surface area contributed by atoms with Crippen LogP contribution in [0, 0.1) is 13.8 Å². The lowest BCUT2D eigenvalue weighted by Crippen LogP contribution is -2.28. The van der Waals surface area contributed by atoms with Crippen molar-refractivity contribution in [2.75, 3.05) is 18.0 Å². The van der Waals surface area contributed by atoms with Gasteiger partial charge in [-0.25, -0.2) is 0 Å². The molecule has 0 bridgehead atoms. The standard InChI is InChI=1S/C16H29N3/c1-5-7-9-19(10-8-6-2)16-11-13(3)18-14(4)15(16)12-17/h11H,5-10,12,17H2,1-4H3. The highest BCUT2D eigenvalue weighted by atomic mass is 15.1. The summed E-state index contributed by atoms with van der Waals surface area (Å²) in [6.07, 6.45) is 4.91. The Labute approximate surface area is 118 Å².